The SMILES string of the molecule is CC1CC(C)N(C(=O)c2cc(Cl)c(Cl)c(S(=O)(=O)Cl)c2)C1. The van der Waals surface area contributed by atoms with Crippen molar-refractivity contribution >= 4 is 48.8 Å². The fourth-order valence-electron chi connectivity index (χ4n) is 2.61. The molecule has 1 aromatic carbocycles. The Morgan fingerprint density at radius 2 is 1.90 bits per heavy atom. The van der Waals surface area contributed by atoms with Gasteiger partial charge in [-0.2, -0.15) is 0 Å². The molecular formula is C13H14Cl3NO3S. The zero-order valence-electron chi connectivity index (χ0n) is 11.4. The Hall–Kier alpha value is -0.490. The van der Waals surface area contributed by atoms with E-state index in [1.54, 1.807) is 4.90 Å². The van der Waals surface area contributed by atoms with Crippen molar-refractivity contribution in [1.82, 2.24) is 4.90 Å². The number of carbonyl (C=O) groups is 1. The van der Waals surface area contributed by atoms with Crippen LogP contribution in [-0.2, 0) is 9.05 Å². The molecule has 0 N–H and O–H groups in total. The molecule has 0 saturated carbocycles. The number of hydrogen-bond acceptors (Lipinski definition) is 3. The molecule has 1 fully saturated rings. The fraction of sp³-hybridized carbons (Fsp3) is 0.462. The Kier molecular flexibility index (Phi) is 4.78. The van der Waals surface area contributed by atoms with Crippen molar-refractivity contribution < 1.29 is 13.2 Å². The average molecular weight is 371 g/mol. The predicted molar refractivity (Wildman–Crippen MR) is 83.8 cm³/mol. The molecule has 1 saturated heterocycles. The lowest BCUT2D eigenvalue weighted by Crippen LogP contribution is -2.34. The Labute approximate surface area is 138 Å². The van der Waals surface area contributed by atoms with Crippen molar-refractivity contribution in [3.05, 3.63) is 27.7 Å². The minimum Gasteiger partial charge on any atom is -0.336 e. The van der Waals surface area contributed by atoms with Crippen LogP contribution in [0.3, 0.4) is 0 Å². The van der Waals surface area contributed by atoms with E-state index in [-0.39, 0.29) is 32.5 Å². The Morgan fingerprint density at radius 1 is 1.29 bits per heavy atom. The molecule has 21 heavy (non-hydrogen) atoms. The topological polar surface area (TPSA) is 54.5 Å². The minimum absolute atomic E-state index is 0.0124. The molecule has 116 valence electrons. The van der Waals surface area contributed by atoms with Gasteiger partial charge in [-0.15, -0.1) is 0 Å². The molecule has 0 bridgehead atoms. The lowest BCUT2D eigenvalue weighted by molar-refractivity contribution is 0.0743. The maximum atomic E-state index is 12.5. The van der Waals surface area contributed by atoms with E-state index in [4.69, 9.17) is 33.9 Å². The van der Waals surface area contributed by atoms with Crippen molar-refractivity contribution in [2.45, 2.75) is 31.2 Å². The molecule has 4 nitrogen and oxygen atoms in total. The van der Waals surface area contributed by atoms with Crippen LogP contribution in [-0.4, -0.2) is 31.8 Å². The molecular weight excluding hydrogens is 357 g/mol. The van der Waals surface area contributed by atoms with Gasteiger partial charge in [0.2, 0.25) is 0 Å². The van der Waals surface area contributed by atoms with E-state index in [0.29, 0.717) is 12.5 Å². The summed E-state index contributed by atoms with van der Waals surface area (Å²) in [6, 6.07) is 2.64. The summed E-state index contributed by atoms with van der Waals surface area (Å²) in [6.07, 6.45) is 0.910. The van der Waals surface area contributed by atoms with E-state index in [9.17, 15) is 13.2 Å². The number of halogens is 3. The standard InChI is InChI=1S/C13H14Cl3NO3S/c1-7-3-8(2)17(6-7)13(18)9-4-10(14)12(15)11(5-9)21(16,19)20/h4-5,7-8H,3,6H2,1-2H3. The van der Waals surface area contributed by atoms with Crippen molar-refractivity contribution in [3.63, 3.8) is 0 Å². The van der Waals surface area contributed by atoms with Crippen LogP contribution in [0.4, 0.5) is 0 Å². The van der Waals surface area contributed by atoms with Gasteiger partial charge in [-0.25, -0.2) is 8.42 Å². The number of nitrogens with zero attached hydrogens (tertiary/aromatic N) is 1. The second-order valence-electron chi connectivity index (χ2n) is 5.36. The first-order chi connectivity index (χ1) is 9.61. The smallest absolute Gasteiger partial charge is 0.262 e. The first-order valence-corrected chi connectivity index (χ1v) is 9.42. The van der Waals surface area contributed by atoms with Gasteiger partial charge in [-0.05, 0) is 31.4 Å². The lowest BCUT2D eigenvalue weighted by atomic mass is 10.1. The van der Waals surface area contributed by atoms with E-state index < -0.39 is 9.05 Å². The first kappa shape index (κ1) is 16.9. The summed E-state index contributed by atoms with van der Waals surface area (Å²) >= 11 is 11.8. The molecule has 2 unspecified atom stereocenters. The van der Waals surface area contributed by atoms with Gasteiger partial charge in [0.1, 0.15) is 4.90 Å². The predicted octanol–water partition coefficient (Wildman–Crippen LogP) is 3.79. The van der Waals surface area contributed by atoms with Gasteiger partial charge < -0.3 is 4.90 Å². The highest BCUT2D eigenvalue weighted by atomic mass is 35.7. The first-order valence-electron chi connectivity index (χ1n) is 6.36. The lowest BCUT2D eigenvalue weighted by Gasteiger charge is -2.22. The minimum atomic E-state index is -4.07. The highest BCUT2D eigenvalue weighted by Gasteiger charge is 2.31. The Morgan fingerprint density at radius 3 is 2.38 bits per heavy atom. The molecule has 1 heterocycles. The summed E-state index contributed by atoms with van der Waals surface area (Å²) < 4.78 is 23.0. The maximum Gasteiger partial charge on any atom is 0.262 e. The average Bonchev–Trinajstić information content (AvgIpc) is 2.69. The maximum absolute atomic E-state index is 12.5. The largest absolute Gasteiger partial charge is 0.336 e. The van der Waals surface area contributed by atoms with Gasteiger partial charge in [0.05, 0.1) is 10.0 Å². The molecule has 2 rings (SSSR count). The summed E-state index contributed by atoms with van der Waals surface area (Å²) in [7, 11) is 1.25. The number of rotatable bonds is 2. The van der Waals surface area contributed by atoms with Gasteiger partial charge in [-0.1, -0.05) is 30.1 Å². The van der Waals surface area contributed by atoms with Crippen molar-refractivity contribution in [1.29, 1.82) is 0 Å². The molecule has 0 spiro atoms. The summed E-state index contributed by atoms with van der Waals surface area (Å²) in [5, 5.41) is -0.187. The van der Waals surface area contributed by atoms with Crippen LogP contribution < -0.4 is 0 Å². The molecule has 1 aliphatic heterocycles. The highest BCUT2D eigenvalue weighted by Crippen LogP contribution is 2.34. The number of carbonyl (C=O) groups excluding carboxylic acids is 1. The quantitative estimate of drug-likeness (QED) is 0.744. The summed E-state index contributed by atoms with van der Waals surface area (Å²) in [5.74, 6) is 0.134. The molecule has 8 heteroatoms. The van der Waals surface area contributed by atoms with Crippen LogP contribution in [0.25, 0.3) is 0 Å². The third-order valence-corrected chi connectivity index (χ3v) is 5.81. The summed E-state index contributed by atoms with van der Waals surface area (Å²) in [6.45, 7) is 4.65. The van der Waals surface area contributed by atoms with Crippen molar-refractivity contribution in [3.8, 4) is 0 Å². The number of benzene rings is 1. The Balaban J connectivity index is 2.46. The van der Waals surface area contributed by atoms with E-state index in [0.717, 1.165) is 6.42 Å². The van der Waals surface area contributed by atoms with Crippen LogP contribution >= 0.6 is 33.9 Å². The molecule has 0 aliphatic carbocycles. The number of hydrogen-bond donors (Lipinski definition) is 0. The molecule has 1 aromatic rings. The number of amides is 1. The normalized spacial score (nSPS) is 22.6. The fourth-order valence-corrected chi connectivity index (χ4v) is 4.38. The molecule has 1 aliphatic rings. The van der Waals surface area contributed by atoms with Crippen LogP contribution in [0.2, 0.25) is 10.0 Å². The zero-order chi connectivity index (χ0) is 15.9. The molecule has 0 radical (unpaired) electrons. The molecule has 0 aromatic heterocycles. The zero-order valence-corrected chi connectivity index (χ0v) is 14.5. The van der Waals surface area contributed by atoms with E-state index in [1.165, 1.54) is 12.1 Å². The third kappa shape index (κ3) is 3.47. The summed E-state index contributed by atoms with van der Waals surface area (Å²) in [5.41, 5.74) is 0.171. The number of likely N-dealkylation sites (tertiary alicyclic amines) is 1. The second kappa shape index (κ2) is 5.95. The second-order valence-corrected chi connectivity index (χ2v) is 8.67. The molecule has 2 atom stereocenters. The van der Waals surface area contributed by atoms with E-state index in [1.807, 2.05) is 6.92 Å². The van der Waals surface area contributed by atoms with Crippen molar-refractivity contribution in [2.24, 2.45) is 5.92 Å². The van der Waals surface area contributed by atoms with Gasteiger partial charge in [-0.3, -0.25) is 4.79 Å². The van der Waals surface area contributed by atoms with Gasteiger partial charge in [0.25, 0.3) is 15.0 Å². The van der Waals surface area contributed by atoms with E-state index in [2.05, 4.69) is 6.92 Å². The highest BCUT2D eigenvalue weighted by molar-refractivity contribution is 8.13. The monoisotopic (exact) mass is 369 g/mol. The van der Waals surface area contributed by atoms with E-state index >= 15 is 0 Å². The van der Waals surface area contributed by atoms with Crippen LogP contribution in [0, 0.1) is 5.92 Å². The van der Waals surface area contributed by atoms with Gasteiger partial charge >= 0.3 is 0 Å². The van der Waals surface area contributed by atoms with Crippen LogP contribution in [0.15, 0.2) is 17.0 Å². The summed E-state index contributed by atoms with van der Waals surface area (Å²) in [4.78, 5) is 13.9. The van der Waals surface area contributed by atoms with Crippen LogP contribution in [0.5, 0.6) is 0 Å². The van der Waals surface area contributed by atoms with Gasteiger partial charge in [0, 0.05) is 28.8 Å². The van der Waals surface area contributed by atoms with Crippen LogP contribution in [0.1, 0.15) is 30.6 Å². The van der Waals surface area contributed by atoms with Crippen molar-refractivity contribution in [2.75, 3.05) is 6.54 Å². The Bertz CT molecular complexity index is 690. The molecule has 1 amide bonds. The van der Waals surface area contributed by atoms with Gasteiger partial charge in [0.15, 0.2) is 0 Å². The third-order valence-electron chi connectivity index (χ3n) is 3.55.